The van der Waals surface area contributed by atoms with Crippen molar-refractivity contribution in [2.75, 3.05) is 7.11 Å². The summed E-state index contributed by atoms with van der Waals surface area (Å²) in [4.78, 5) is 34.6. The van der Waals surface area contributed by atoms with Crippen LogP contribution in [0.3, 0.4) is 0 Å². The first kappa shape index (κ1) is 19.6. The van der Waals surface area contributed by atoms with E-state index in [1.807, 2.05) is 12.1 Å². The lowest BCUT2D eigenvalue weighted by Gasteiger charge is -2.18. The van der Waals surface area contributed by atoms with E-state index in [1.165, 1.54) is 25.3 Å². The predicted molar refractivity (Wildman–Crippen MR) is 98.8 cm³/mol. The zero-order chi connectivity index (χ0) is 19.3. The number of ether oxygens (including phenoxy) is 1. The van der Waals surface area contributed by atoms with E-state index in [-0.39, 0.29) is 17.7 Å². The molecule has 8 heteroatoms. The third-order valence-corrected chi connectivity index (χ3v) is 4.36. The van der Waals surface area contributed by atoms with Crippen LogP contribution in [0, 0.1) is 17.0 Å². The maximum absolute atomic E-state index is 12.6. The van der Waals surface area contributed by atoms with Gasteiger partial charge in [0.15, 0.2) is 0 Å². The first-order valence-electron chi connectivity index (χ1n) is 7.70. The molecule has 0 aliphatic heterocycles. The first-order chi connectivity index (χ1) is 12.3. The molecule has 0 bridgehead atoms. The number of benzene rings is 2. The average molecular weight is 421 g/mol. The van der Waals surface area contributed by atoms with Gasteiger partial charge in [0.1, 0.15) is 0 Å². The van der Waals surface area contributed by atoms with Gasteiger partial charge in [-0.05, 0) is 36.8 Å². The summed E-state index contributed by atoms with van der Waals surface area (Å²) in [5, 5.41) is 13.7. The summed E-state index contributed by atoms with van der Waals surface area (Å²) in [6, 6.07) is 10.7. The van der Waals surface area contributed by atoms with E-state index in [2.05, 4.69) is 21.2 Å². The van der Waals surface area contributed by atoms with Crippen molar-refractivity contribution in [2.45, 2.75) is 19.4 Å². The van der Waals surface area contributed by atoms with Crippen molar-refractivity contribution >= 4 is 33.5 Å². The molecule has 1 atom stereocenters. The van der Waals surface area contributed by atoms with Crippen LogP contribution < -0.4 is 5.32 Å². The van der Waals surface area contributed by atoms with Gasteiger partial charge in [-0.25, -0.2) is 0 Å². The molecule has 7 nitrogen and oxygen atoms in total. The minimum absolute atomic E-state index is 0.0319. The Morgan fingerprint density at radius 1 is 1.23 bits per heavy atom. The maximum Gasteiger partial charge on any atom is 0.307 e. The molecule has 2 aromatic rings. The Hall–Kier alpha value is -2.74. The molecule has 0 saturated carbocycles. The topological polar surface area (TPSA) is 98.5 Å². The molecule has 0 fully saturated rings. The van der Waals surface area contributed by atoms with Crippen molar-refractivity contribution in [3.05, 3.63) is 73.7 Å². The number of amides is 1. The number of esters is 1. The van der Waals surface area contributed by atoms with E-state index in [0.717, 1.165) is 10.0 Å². The second-order valence-electron chi connectivity index (χ2n) is 5.62. The number of hydrogen-bond donors (Lipinski definition) is 1. The molecule has 0 radical (unpaired) electrons. The van der Waals surface area contributed by atoms with Crippen LogP contribution in [-0.4, -0.2) is 23.9 Å². The summed E-state index contributed by atoms with van der Waals surface area (Å²) in [7, 11) is 1.28. The number of aryl methyl sites for hydroxylation is 1. The summed E-state index contributed by atoms with van der Waals surface area (Å²) >= 11 is 3.34. The lowest BCUT2D eigenvalue weighted by Crippen LogP contribution is -2.30. The van der Waals surface area contributed by atoms with Gasteiger partial charge in [0.25, 0.3) is 11.6 Å². The Morgan fingerprint density at radius 2 is 1.88 bits per heavy atom. The standard InChI is InChI=1S/C18H17BrN2O5/c1-11-9-13(5-8-16(11)21(24)25)18(23)20-15(10-17(22)26-2)12-3-6-14(19)7-4-12/h3-9,15H,10H2,1-2H3,(H,20,23). The number of rotatable bonds is 6. The lowest BCUT2D eigenvalue weighted by molar-refractivity contribution is -0.385. The number of nitrogens with zero attached hydrogens (tertiary/aromatic N) is 1. The van der Waals surface area contributed by atoms with Crippen LogP contribution in [0.25, 0.3) is 0 Å². The second kappa shape index (κ2) is 8.57. The normalized spacial score (nSPS) is 11.5. The predicted octanol–water partition coefficient (Wildman–Crippen LogP) is 3.70. The van der Waals surface area contributed by atoms with Crippen molar-refractivity contribution in [2.24, 2.45) is 0 Å². The van der Waals surface area contributed by atoms with Gasteiger partial charge < -0.3 is 10.1 Å². The summed E-state index contributed by atoms with van der Waals surface area (Å²) in [5.41, 5.74) is 1.35. The first-order valence-corrected chi connectivity index (χ1v) is 8.49. The van der Waals surface area contributed by atoms with E-state index in [1.54, 1.807) is 19.1 Å². The highest BCUT2D eigenvalue weighted by molar-refractivity contribution is 9.10. The summed E-state index contributed by atoms with van der Waals surface area (Å²) < 4.78 is 5.57. The smallest absolute Gasteiger partial charge is 0.307 e. The molecule has 0 aliphatic carbocycles. The molecular formula is C18H17BrN2O5. The number of methoxy groups -OCH3 is 1. The van der Waals surface area contributed by atoms with Crippen LogP contribution in [-0.2, 0) is 9.53 Å². The SMILES string of the molecule is COC(=O)CC(NC(=O)c1ccc([N+](=O)[O-])c(C)c1)c1ccc(Br)cc1. The van der Waals surface area contributed by atoms with E-state index in [9.17, 15) is 19.7 Å². The minimum atomic E-state index is -0.585. The quantitative estimate of drug-likeness (QED) is 0.436. The van der Waals surface area contributed by atoms with Crippen molar-refractivity contribution < 1.29 is 19.2 Å². The van der Waals surface area contributed by atoms with Gasteiger partial charge in [-0.15, -0.1) is 0 Å². The number of nitro groups is 1. The van der Waals surface area contributed by atoms with E-state index < -0.39 is 22.8 Å². The van der Waals surface area contributed by atoms with E-state index >= 15 is 0 Å². The van der Waals surface area contributed by atoms with Crippen molar-refractivity contribution in [3.63, 3.8) is 0 Å². The molecule has 1 amide bonds. The van der Waals surface area contributed by atoms with Gasteiger partial charge in [0.2, 0.25) is 0 Å². The Morgan fingerprint density at radius 3 is 2.42 bits per heavy atom. The van der Waals surface area contributed by atoms with Gasteiger partial charge in [-0.2, -0.15) is 0 Å². The molecule has 2 aromatic carbocycles. The highest BCUT2D eigenvalue weighted by atomic mass is 79.9. The fourth-order valence-corrected chi connectivity index (χ4v) is 2.70. The molecular weight excluding hydrogens is 404 g/mol. The highest BCUT2D eigenvalue weighted by Crippen LogP contribution is 2.22. The maximum atomic E-state index is 12.6. The van der Waals surface area contributed by atoms with Crippen molar-refractivity contribution in [1.82, 2.24) is 5.32 Å². The summed E-state index contributed by atoms with van der Waals surface area (Å²) in [6.45, 7) is 1.57. The summed E-state index contributed by atoms with van der Waals surface area (Å²) in [5.74, 6) is -0.891. The van der Waals surface area contributed by atoms with Crippen molar-refractivity contribution in [1.29, 1.82) is 0 Å². The number of halogens is 1. The average Bonchev–Trinajstić information content (AvgIpc) is 2.61. The molecule has 0 aliphatic rings. The van der Waals surface area contributed by atoms with Crippen molar-refractivity contribution in [3.8, 4) is 0 Å². The van der Waals surface area contributed by atoms with Gasteiger partial charge >= 0.3 is 5.97 Å². The van der Waals surface area contributed by atoms with Gasteiger partial charge in [-0.1, -0.05) is 28.1 Å². The highest BCUT2D eigenvalue weighted by Gasteiger charge is 2.21. The fraction of sp³-hybridized carbons (Fsp3) is 0.222. The Kier molecular flexibility index (Phi) is 6.46. The zero-order valence-electron chi connectivity index (χ0n) is 14.2. The monoisotopic (exact) mass is 420 g/mol. The fourth-order valence-electron chi connectivity index (χ4n) is 2.44. The molecule has 0 heterocycles. The van der Waals surface area contributed by atoms with Crippen LogP contribution in [0.4, 0.5) is 5.69 Å². The molecule has 0 spiro atoms. The van der Waals surface area contributed by atoms with Crippen LogP contribution in [0.5, 0.6) is 0 Å². The number of hydrogen-bond acceptors (Lipinski definition) is 5. The van der Waals surface area contributed by atoms with E-state index in [4.69, 9.17) is 4.74 Å². The molecule has 1 N–H and O–H groups in total. The molecule has 136 valence electrons. The molecule has 2 rings (SSSR count). The zero-order valence-corrected chi connectivity index (χ0v) is 15.8. The number of carbonyl (C=O) groups is 2. The Labute approximate surface area is 158 Å². The molecule has 26 heavy (non-hydrogen) atoms. The Bertz CT molecular complexity index is 836. The second-order valence-corrected chi connectivity index (χ2v) is 6.53. The third-order valence-electron chi connectivity index (χ3n) is 3.83. The largest absolute Gasteiger partial charge is 0.469 e. The third kappa shape index (κ3) is 4.89. The Balaban J connectivity index is 2.25. The summed E-state index contributed by atoms with van der Waals surface area (Å²) in [6.07, 6.45) is -0.0319. The van der Waals surface area contributed by atoms with Crippen LogP contribution in [0.2, 0.25) is 0 Å². The molecule has 0 aromatic heterocycles. The number of nitro benzene ring substituents is 1. The van der Waals surface area contributed by atoms with Crippen LogP contribution >= 0.6 is 15.9 Å². The molecule has 0 saturated heterocycles. The minimum Gasteiger partial charge on any atom is -0.469 e. The van der Waals surface area contributed by atoms with Gasteiger partial charge in [-0.3, -0.25) is 19.7 Å². The number of nitrogens with one attached hydrogen (secondary N) is 1. The van der Waals surface area contributed by atoms with Gasteiger partial charge in [0, 0.05) is 21.7 Å². The van der Waals surface area contributed by atoms with Crippen LogP contribution in [0.15, 0.2) is 46.9 Å². The molecule has 1 unspecified atom stereocenters. The van der Waals surface area contributed by atoms with Gasteiger partial charge in [0.05, 0.1) is 24.5 Å². The number of carbonyl (C=O) groups excluding carboxylic acids is 2. The van der Waals surface area contributed by atoms with E-state index in [0.29, 0.717) is 5.56 Å². The van der Waals surface area contributed by atoms with Crippen LogP contribution in [0.1, 0.15) is 33.9 Å². The lowest BCUT2D eigenvalue weighted by atomic mass is 10.0.